The van der Waals surface area contributed by atoms with Gasteiger partial charge in [0.2, 0.25) is 0 Å². The number of aromatic nitrogens is 2. The predicted octanol–water partition coefficient (Wildman–Crippen LogP) is 1.87. The molecule has 2 rings (SSSR count). The van der Waals surface area contributed by atoms with Crippen LogP contribution in [0, 0.1) is 0 Å². The van der Waals surface area contributed by atoms with Gasteiger partial charge < -0.3 is 10.1 Å². The van der Waals surface area contributed by atoms with Gasteiger partial charge in [-0.3, -0.25) is 0 Å². The molecule has 1 saturated heterocycles. The summed E-state index contributed by atoms with van der Waals surface area (Å²) in [5, 5.41) is 3.17. The van der Waals surface area contributed by atoms with E-state index in [1.165, 1.54) is 17.7 Å². The van der Waals surface area contributed by atoms with Gasteiger partial charge in [-0.25, -0.2) is 9.97 Å². The number of hydrogen-bond acceptors (Lipinski definition) is 4. The van der Waals surface area contributed by atoms with Crippen LogP contribution in [0.4, 0.5) is 0 Å². The average molecular weight is 249 g/mol. The van der Waals surface area contributed by atoms with E-state index < -0.39 is 0 Å². The number of hydrogen-bond donors (Lipinski definition) is 1. The highest BCUT2D eigenvalue weighted by Crippen LogP contribution is 2.16. The van der Waals surface area contributed by atoms with Gasteiger partial charge in [-0.15, -0.1) is 0 Å². The van der Waals surface area contributed by atoms with Crippen LogP contribution in [0.3, 0.4) is 0 Å². The van der Waals surface area contributed by atoms with Crippen LogP contribution in [-0.2, 0) is 24.1 Å². The summed E-state index contributed by atoms with van der Waals surface area (Å²) in [6.45, 7) is 3.92. The molecule has 0 bridgehead atoms. The van der Waals surface area contributed by atoms with Crippen molar-refractivity contribution in [3.05, 3.63) is 23.3 Å². The summed E-state index contributed by atoms with van der Waals surface area (Å²) in [6, 6.07) is 0. The molecule has 100 valence electrons. The van der Waals surface area contributed by atoms with E-state index in [4.69, 9.17) is 9.72 Å². The van der Waals surface area contributed by atoms with Crippen LogP contribution in [0.1, 0.15) is 43.3 Å². The maximum absolute atomic E-state index is 5.64. The van der Waals surface area contributed by atoms with Gasteiger partial charge in [0, 0.05) is 37.0 Å². The summed E-state index contributed by atoms with van der Waals surface area (Å²) < 4.78 is 5.64. The standard InChI is InChI=1S/C14H23N3O/c1-3-5-13-11(9-15-2)10-16-14(17-13)8-12-6-4-7-18-12/h10,12,15H,3-9H2,1-2H3. The van der Waals surface area contributed by atoms with Crippen molar-refractivity contribution in [1.82, 2.24) is 15.3 Å². The Morgan fingerprint density at radius 2 is 2.39 bits per heavy atom. The third-order valence-electron chi connectivity index (χ3n) is 3.29. The van der Waals surface area contributed by atoms with Crippen molar-refractivity contribution in [2.24, 2.45) is 0 Å². The van der Waals surface area contributed by atoms with Crippen LogP contribution in [0.2, 0.25) is 0 Å². The lowest BCUT2D eigenvalue weighted by Crippen LogP contribution is -2.15. The first-order valence-electron chi connectivity index (χ1n) is 6.93. The monoisotopic (exact) mass is 249 g/mol. The Labute approximate surface area is 109 Å². The van der Waals surface area contributed by atoms with Gasteiger partial charge in [-0.1, -0.05) is 13.3 Å². The minimum atomic E-state index is 0.328. The molecular weight excluding hydrogens is 226 g/mol. The number of ether oxygens (including phenoxy) is 1. The summed E-state index contributed by atoms with van der Waals surface area (Å²) in [7, 11) is 1.95. The molecule has 1 aliphatic heterocycles. The molecule has 0 spiro atoms. The molecule has 4 nitrogen and oxygen atoms in total. The molecule has 1 N–H and O–H groups in total. The second-order valence-electron chi connectivity index (χ2n) is 4.88. The van der Waals surface area contributed by atoms with E-state index >= 15 is 0 Å². The van der Waals surface area contributed by atoms with Crippen LogP contribution < -0.4 is 5.32 Å². The molecule has 18 heavy (non-hydrogen) atoms. The minimum absolute atomic E-state index is 0.328. The zero-order valence-corrected chi connectivity index (χ0v) is 11.4. The van der Waals surface area contributed by atoms with Gasteiger partial charge in [-0.2, -0.15) is 0 Å². The fraction of sp³-hybridized carbons (Fsp3) is 0.714. The second kappa shape index (κ2) is 6.81. The quantitative estimate of drug-likeness (QED) is 0.836. The molecule has 1 fully saturated rings. The van der Waals surface area contributed by atoms with Crippen molar-refractivity contribution in [3.8, 4) is 0 Å². The average Bonchev–Trinajstić information content (AvgIpc) is 2.86. The van der Waals surface area contributed by atoms with Crippen LogP contribution in [0.15, 0.2) is 6.20 Å². The number of aryl methyl sites for hydroxylation is 1. The van der Waals surface area contributed by atoms with Crippen molar-refractivity contribution in [2.45, 2.75) is 51.7 Å². The van der Waals surface area contributed by atoms with E-state index in [0.29, 0.717) is 6.10 Å². The molecule has 0 radical (unpaired) electrons. The normalized spacial score (nSPS) is 19.3. The lowest BCUT2D eigenvalue weighted by Gasteiger charge is -2.11. The molecule has 0 saturated carbocycles. The number of nitrogens with zero attached hydrogens (tertiary/aromatic N) is 2. The summed E-state index contributed by atoms with van der Waals surface area (Å²) in [5.74, 6) is 0.935. The molecule has 1 aliphatic rings. The van der Waals surface area contributed by atoms with Gasteiger partial charge in [0.15, 0.2) is 0 Å². The van der Waals surface area contributed by atoms with E-state index in [0.717, 1.165) is 44.7 Å². The first-order chi connectivity index (χ1) is 8.83. The van der Waals surface area contributed by atoms with E-state index in [9.17, 15) is 0 Å². The number of rotatable bonds is 6. The Kier molecular flexibility index (Phi) is 5.08. The molecule has 1 aromatic rings. The summed E-state index contributed by atoms with van der Waals surface area (Å²) in [5.41, 5.74) is 2.41. The summed E-state index contributed by atoms with van der Waals surface area (Å²) >= 11 is 0. The summed E-state index contributed by atoms with van der Waals surface area (Å²) in [4.78, 5) is 9.19. The zero-order chi connectivity index (χ0) is 12.8. The predicted molar refractivity (Wildman–Crippen MR) is 71.5 cm³/mol. The van der Waals surface area contributed by atoms with Crippen molar-refractivity contribution in [2.75, 3.05) is 13.7 Å². The highest BCUT2D eigenvalue weighted by Gasteiger charge is 2.18. The largest absolute Gasteiger partial charge is 0.378 e. The molecule has 2 heterocycles. The smallest absolute Gasteiger partial charge is 0.131 e. The minimum Gasteiger partial charge on any atom is -0.378 e. The molecule has 0 aliphatic carbocycles. The third-order valence-corrected chi connectivity index (χ3v) is 3.29. The summed E-state index contributed by atoms with van der Waals surface area (Å²) in [6.07, 6.45) is 7.62. The highest BCUT2D eigenvalue weighted by atomic mass is 16.5. The maximum Gasteiger partial charge on any atom is 0.131 e. The molecule has 4 heteroatoms. The van der Waals surface area contributed by atoms with E-state index in [-0.39, 0.29) is 0 Å². The van der Waals surface area contributed by atoms with Crippen LogP contribution in [0.25, 0.3) is 0 Å². The van der Waals surface area contributed by atoms with Crippen molar-refractivity contribution < 1.29 is 4.74 Å². The Hall–Kier alpha value is -1.00. The topological polar surface area (TPSA) is 47.0 Å². The zero-order valence-electron chi connectivity index (χ0n) is 11.4. The van der Waals surface area contributed by atoms with E-state index in [1.807, 2.05) is 13.2 Å². The SMILES string of the molecule is CCCc1nc(CC2CCCO2)ncc1CNC. The molecule has 0 aromatic carbocycles. The molecular formula is C14H23N3O. The fourth-order valence-corrected chi connectivity index (χ4v) is 2.38. The number of nitrogens with one attached hydrogen (secondary N) is 1. The maximum atomic E-state index is 5.64. The molecule has 1 atom stereocenters. The van der Waals surface area contributed by atoms with E-state index in [1.54, 1.807) is 0 Å². The van der Waals surface area contributed by atoms with Crippen LogP contribution >= 0.6 is 0 Å². The molecule has 0 amide bonds. The first-order valence-corrected chi connectivity index (χ1v) is 6.93. The molecule has 1 aromatic heterocycles. The lowest BCUT2D eigenvalue weighted by atomic mass is 10.1. The lowest BCUT2D eigenvalue weighted by molar-refractivity contribution is 0.110. The van der Waals surface area contributed by atoms with Crippen molar-refractivity contribution >= 4 is 0 Å². The van der Waals surface area contributed by atoms with E-state index in [2.05, 4.69) is 17.2 Å². The van der Waals surface area contributed by atoms with Gasteiger partial charge in [0.25, 0.3) is 0 Å². The second-order valence-corrected chi connectivity index (χ2v) is 4.88. The van der Waals surface area contributed by atoms with Gasteiger partial charge in [-0.05, 0) is 26.3 Å². The fourth-order valence-electron chi connectivity index (χ4n) is 2.38. The van der Waals surface area contributed by atoms with Crippen molar-refractivity contribution in [1.29, 1.82) is 0 Å². The van der Waals surface area contributed by atoms with Crippen LogP contribution in [0.5, 0.6) is 0 Å². The Balaban J connectivity index is 2.08. The Morgan fingerprint density at radius 3 is 3.06 bits per heavy atom. The Bertz CT molecular complexity index is 375. The third kappa shape index (κ3) is 3.50. The van der Waals surface area contributed by atoms with Gasteiger partial charge >= 0.3 is 0 Å². The highest BCUT2D eigenvalue weighted by molar-refractivity contribution is 5.18. The van der Waals surface area contributed by atoms with Crippen molar-refractivity contribution in [3.63, 3.8) is 0 Å². The van der Waals surface area contributed by atoms with Crippen LogP contribution in [-0.4, -0.2) is 29.7 Å². The first kappa shape index (κ1) is 13.4. The Morgan fingerprint density at radius 1 is 1.50 bits per heavy atom. The van der Waals surface area contributed by atoms with Gasteiger partial charge in [0.1, 0.15) is 5.82 Å². The molecule has 1 unspecified atom stereocenters. The van der Waals surface area contributed by atoms with Gasteiger partial charge in [0.05, 0.1) is 6.10 Å².